The Morgan fingerprint density at radius 2 is 2.10 bits per heavy atom. The Labute approximate surface area is 172 Å². The van der Waals surface area contributed by atoms with Crippen molar-refractivity contribution in [1.82, 2.24) is 15.3 Å². The van der Waals surface area contributed by atoms with E-state index >= 15 is 0 Å². The van der Waals surface area contributed by atoms with Crippen molar-refractivity contribution in [2.75, 3.05) is 17.2 Å². The second-order valence-corrected chi connectivity index (χ2v) is 8.45. The third kappa shape index (κ3) is 3.34. The Balaban J connectivity index is 1.53. The topological polar surface area (TPSA) is 122 Å². The van der Waals surface area contributed by atoms with Crippen LogP contribution in [0.4, 0.5) is 21.8 Å². The van der Waals surface area contributed by atoms with Crippen LogP contribution in [0.25, 0.3) is 0 Å². The first-order valence-electron chi connectivity index (χ1n) is 10.2. The van der Waals surface area contributed by atoms with Gasteiger partial charge in [-0.15, -0.1) is 0 Å². The van der Waals surface area contributed by atoms with Crippen LogP contribution in [0.2, 0.25) is 0 Å². The molecule has 30 heavy (non-hydrogen) atoms. The summed E-state index contributed by atoms with van der Waals surface area (Å²) in [5, 5.41) is 9.23. The van der Waals surface area contributed by atoms with E-state index in [-0.39, 0.29) is 53.8 Å². The van der Waals surface area contributed by atoms with Gasteiger partial charge in [0.1, 0.15) is 0 Å². The zero-order valence-corrected chi connectivity index (χ0v) is 16.3. The molecule has 2 fully saturated rings. The molecule has 5 atom stereocenters. The highest BCUT2D eigenvalue weighted by molar-refractivity contribution is 5.80. The van der Waals surface area contributed by atoms with Crippen LogP contribution in [0.3, 0.4) is 0 Å². The van der Waals surface area contributed by atoms with Crippen LogP contribution < -0.4 is 21.7 Å². The van der Waals surface area contributed by atoms with Gasteiger partial charge in [-0.3, -0.25) is 9.59 Å². The van der Waals surface area contributed by atoms with Crippen molar-refractivity contribution < 1.29 is 14.0 Å². The largest absolute Gasteiger partial charge is 0.369 e. The Hall–Kier alpha value is -3.23. The number of fused-ring (bicyclic) bond motifs is 5. The van der Waals surface area contributed by atoms with Gasteiger partial charge in [-0.25, -0.2) is 9.37 Å². The van der Waals surface area contributed by atoms with Crippen molar-refractivity contribution in [2.24, 2.45) is 29.4 Å². The van der Waals surface area contributed by atoms with Gasteiger partial charge in [0.25, 0.3) is 0 Å². The number of nitrogens with zero attached hydrogens (tertiary/aromatic N) is 2. The van der Waals surface area contributed by atoms with Gasteiger partial charge < -0.3 is 21.7 Å². The molecular weight excluding hydrogens is 387 g/mol. The molecule has 1 aromatic heterocycles. The second-order valence-electron chi connectivity index (χ2n) is 8.45. The molecule has 0 radical (unpaired) electrons. The monoisotopic (exact) mass is 410 g/mol. The number of benzene rings is 1. The van der Waals surface area contributed by atoms with Crippen LogP contribution in [0.15, 0.2) is 30.5 Å². The maximum Gasteiger partial charge on any atom is 0.229 e. The molecule has 3 aliphatic rings. The van der Waals surface area contributed by atoms with Crippen LogP contribution in [0.5, 0.6) is 0 Å². The Morgan fingerprint density at radius 1 is 1.23 bits per heavy atom. The minimum atomic E-state index is -0.588. The summed E-state index contributed by atoms with van der Waals surface area (Å²) in [7, 11) is 0. The van der Waals surface area contributed by atoms with Gasteiger partial charge in [0.05, 0.1) is 18.5 Å². The molecule has 2 amide bonds. The zero-order chi connectivity index (χ0) is 20.8. The summed E-state index contributed by atoms with van der Waals surface area (Å²) in [6, 6.07) is 7.06. The number of carbonyl (C=O) groups is 2. The van der Waals surface area contributed by atoms with Crippen molar-refractivity contribution in [3.63, 3.8) is 0 Å². The van der Waals surface area contributed by atoms with Crippen molar-refractivity contribution in [2.45, 2.75) is 25.3 Å². The summed E-state index contributed by atoms with van der Waals surface area (Å²) in [5.41, 5.74) is 7.24. The maximum absolute atomic E-state index is 14.5. The molecule has 8 nitrogen and oxygen atoms in total. The fourth-order valence-electron chi connectivity index (χ4n) is 5.40. The summed E-state index contributed by atoms with van der Waals surface area (Å²) in [4.78, 5) is 33.0. The first kappa shape index (κ1) is 18.8. The summed E-state index contributed by atoms with van der Waals surface area (Å²) in [6.07, 6.45) is 3.02. The van der Waals surface area contributed by atoms with Gasteiger partial charge in [-0.2, -0.15) is 4.98 Å². The van der Waals surface area contributed by atoms with E-state index in [1.54, 1.807) is 0 Å². The lowest BCUT2D eigenvalue weighted by Crippen LogP contribution is -2.47. The number of carbonyl (C=O) groups excluding carboxylic acids is 2. The standard InChI is InChI=1S/C21H23FN6O2/c22-15-9-25-21-26-13-3-1-2-10(4-13)5-16(29)24-8-12-6-11-7-14(12)18(17(11)19(23)30)27-20(15)28-21/h1-4,9,11-12,14,17-18H,5-8H2,(H2,23,30)(H,24,29)(H2,25,26,27,28). The van der Waals surface area contributed by atoms with Gasteiger partial charge >= 0.3 is 0 Å². The fourth-order valence-corrected chi connectivity index (χ4v) is 5.40. The normalized spacial score (nSPS) is 29.8. The molecule has 2 saturated carbocycles. The molecule has 1 aliphatic heterocycles. The van der Waals surface area contributed by atoms with E-state index in [4.69, 9.17) is 5.73 Å². The first-order chi connectivity index (χ1) is 14.5. The minimum absolute atomic E-state index is 0.0464. The van der Waals surface area contributed by atoms with Crippen molar-refractivity contribution >= 4 is 29.3 Å². The average molecular weight is 410 g/mol. The molecular formula is C21H23FN6O2. The molecule has 5 N–H and O–H groups in total. The van der Waals surface area contributed by atoms with Crippen LogP contribution in [0, 0.1) is 29.5 Å². The SMILES string of the molecule is NC(=O)C1C2CC3CNC(=O)Cc4cccc(c4)Nc4ncc(F)c(n4)NC1C3C2. The van der Waals surface area contributed by atoms with Crippen LogP contribution in [0.1, 0.15) is 18.4 Å². The summed E-state index contributed by atoms with van der Waals surface area (Å²) >= 11 is 0. The lowest BCUT2D eigenvalue weighted by Gasteiger charge is -2.35. The van der Waals surface area contributed by atoms with Crippen LogP contribution in [-0.2, 0) is 16.0 Å². The molecule has 2 heterocycles. The molecule has 5 rings (SSSR count). The van der Waals surface area contributed by atoms with Crippen molar-refractivity contribution in [3.8, 4) is 0 Å². The van der Waals surface area contributed by atoms with Gasteiger partial charge in [-0.1, -0.05) is 12.1 Å². The third-order valence-electron chi connectivity index (χ3n) is 6.63. The van der Waals surface area contributed by atoms with Crippen LogP contribution in [-0.4, -0.2) is 34.4 Å². The quantitative estimate of drug-likeness (QED) is 0.566. The van der Waals surface area contributed by atoms with Crippen LogP contribution >= 0.6 is 0 Å². The molecule has 156 valence electrons. The average Bonchev–Trinajstić information content (AvgIpc) is 3.27. The van der Waals surface area contributed by atoms with Gasteiger partial charge in [0.15, 0.2) is 11.6 Å². The Bertz CT molecular complexity index is 1010. The van der Waals surface area contributed by atoms with E-state index in [0.29, 0.717) is 12.2 Å². The molecule has 6 bridgehead atoms. The number of hydrogen-bond acceptors (Lipinski definition) is 6. The number of amides is 2. The number of hydrogen-bond donors (Lipinski definition) is 4. The van der Waals surface area contributed by atoms with E-state index in [2.05, 4.69) is 25.9 Å². The van der Waals surface area contributed by atoms with E-state index in [1.807, 2.05) is 24.3 Å². The molecule has 5 unspecified atom stereocenters. The van der Waals surface area contributed by atoms with E-state index < -0.39 is 11.7 Å². The molecule has 0 saturated heterocycles. The Kier molecular flexibility index (Phi) is 4.52. The predicted molar refractivity (Wildman–Crippen MR) is 108 cm³/mol. The Morgan fingerprint density at radius 3 is 2.93 bits per heavy atom. The molecule has 9 heteroatoms. The smallest absolute Gasteiger partial charge is 0.229 e. The fraction of sp³-hybridized carbons (Fsp3) is 0.429. The maximum atomic E-state index is 14.5. The first-order valence-corrected chi connectivity index (χ1v) is 10.2. The zero-order valence-electron chi connectivity index (χ0n) is 16.3. The molecule has 2 aromatic rings. The number of aromatic nitrogens is 2. The number of rotatable bonds is 1. The van der Waals surface area contributed by atoms with Gasteiger partial charge in [0, 0.05) is 18.3 Å². The highest BCUT2D eigenvalue weighted by Crippen LogP contribution is 2.52. The van der Waals surface area contributed by atoms with Crippen molar-refractivity contribution in [1.29, 1.82) is 0 Å². The summed E-state index contributed by atoms with van der Waals surface area (Å²) in [6.45, 7) is 0.527. The number of nitrogens with two attached hydrogens (primary N) is 1. The minimum Gasteiger partial charge on any atom is -0.369 e. The van der Waals surface area contributed by atoms with Crippen molar-refractivity contribution in [3.05, 3.63) is 41.8 Å². The predicted octanol–water partition coefficient (Wildman–Crippen LogP) is 1.57. The number of halogens is 1. The number of anilines is 3. The van der Waals surface area contributed by atoms with Gasteiger partial charge in [-0.05, 0) is 48.3 Å². The molecule has 2 aliphatic carbocycles. The van der Waals surface area contributed by atoms with E-state index in [9.17, 15) is 14.0 Å². The number of primary amides is 1. The summed E-state index contributed by atoms with van der Waals surface area (Å²) in [5.74, 6) is -0.715. The molecule has 0 spiro atoms. The lowest BCUT2D eigenvalue weighted by atomic mass is 9.77. The van der Waals surface area contributed by atoms with E-state index in [0.717, 1.165) is 24.6 Å². The van der Waals surface area contributed by atoms with Gasteiger partial charge in [0.2, 0.25) is 17.8 Å². The third-order valence-corrected chi connectivity index (χ3v) is 6.63. The number of nitrogens with one attached hydrogen (secondary N) is 3. The lowest BCUT2D eigenvalue weighted by molar-refractivity contribution is -0.124. The molecule has 1 aromatic carbocycles. The second kappa shape index (κ2) is 7.23. The van der Waals surface area contributed by atoms with E-state index in [1.165, 1.54) is 0 Å². The highest BCUT2D eigenvalue weighted by Gasteiger charge is 2.54. The highest BCUT2D eigenvalue weighted by atomic mass is 19.1. The summed E-state index contributed by atoms with van der Waals surface area (Å²) < 4.78 is 14.5.